The highest BCUT2D eigenvalue weighted by Gasteiger charge is 2.34. The Balaban J connectivity index is 3.38. The van der Waals surface area contributed by atoms with E-state index in [1.165, 1.54) is 26.2 Å². The number of benzene rings is 1. The number of carbonyl (C=O) groups excluding carboxylic acids is 2. The maximum atomic E-state index is 13.5. The Morgan fingerprint density at radius 2 is 1.95 bits per heavy atom. The van der Waals surface area contributed by atoms with E-state index in [0.717, 1.165) is 6.07 Å². The predicted octanol–water partition coefficient (Wildman–Crippen LogP) is 2.55. The molecule has 0 atom stereocenters. The maximum absolute atomic E-state index is 13.5. The van der Waals surface area contributed by atoms with Crippen LogP contribution in [0.1, 0.15) is 29.8 Å². The molecule has 0 bridgehead atoms. The number of Topliss-reactive ketones (excluding diaryl/α,β-unsaturated/α-hetero) is 1. The molecule has 1 aromatic carbocycles. The Morgan fingerprint density at radius 1 is 1.32 bits per heavy atom. The Kier molecular flexibility index (Phi) is 4.58. The summed E-state index contributed by atoms with van der Waals surface area (Å²) in [5, 5.41) is 0. The molecule has 0 spiro atoms. The molecule has 0 heterocycles. The van der Waals surface area contributed by atoms with Crippen LogP contribution in [0.2, 0.25) is 0 Å². The Bertz CT molecular complexity index is 492. The van der Waals surface area contributed by atoms with E-state index < -0.39 is 28.8 Å². The molecule has 0 aliphatic heterocycles. The van der Waals surface area contributed by atoms with Gasteiger partial charge in [0.25, 0.3) is 11.7 Å². The summed E-state index contributed by atoms with van der Waals surface area (Å²) in [6.07, 6.45) is 0. The SMILES string of the molecule is CCOC(=O)C(=O)c1c(OC)cccc1C(C)(F)F. The molecule has 0 aliphatic carbocycles. The van der Waals surface area contributed by atoms with E-state index >= 15 is 0 Å². The van der Waals surface area contributed by atoms with Gasteiger partial charge >= 0.3 is 5.97 Å². The van der Waals surface area contributed by atoms with Crippen molar-refractivity contribution in [1.82, 2.24) is 0 Å². The molecule has 0 N–H and O–H groups in total. The summed E-state index contributed by atoms with van der Waals surface area (Å²) < 4.78 is 36.4. The number of ether oxygens (including phenoxy) is 2. The smallest absolute Gasteiger partial charge is 0.379 e. The standard InChI is InChI=1S/C13H14F2O4/c1-4-19-12(17)11(16)10-8(13(2,14)15)6-5-7-9(10)18-3/h5-7H,4H2,1-3H3. The summed E-state index contributed by atoms with van der Waals surface area (Å²) in [6.45, 7) is 2.14. The van der Waals surface area contributed by atoms with Gasteiger partial charge in [0.1, 0.15) is 5.75 Å². The van der Waals surface area contributed by atoms with E-state index in [4.69, 9.17) is 4.74 Å². The fourth-order valence-electron chi connectivity index (χ4n) is 1.60. The molecule has 0 aliphatic rings. The molecule has 19 heavy (non-hydrogen) atoms. The minimum atomic E-state index is -3.27. The first-order valence-corrected chi connectivity index (χ1v) is 5.59. The fraction of sp³-hybridized carbons (Fsp3) is 0.385. The number of methoxy groups -OCH3 is 1. The number of esters is 1. The second-order valence-electron chi connectivity index (χ2n) is 3.82. The van der Waals surface area contributed by atoms with E-state index in [9.17, 15) is 18.4 Å². The lowest BCUT2D eigenvalue weighted by Crippen LogP contribution is -2.23. The maximum Gasteiger partial charge on any atom is 0.379 e. The molecule has 0 fully saturated rings. The van der Waals surface area contributed by atoms with Gasteiger partial charge in [-0.15, -0.1) is 0 Å². The van der Waals surface area contributed by atoms with Gasteiger partial charge in [0.05, 0.1) is 19.3 Å². The topological polar surface area (TPSA) is 52.6 Å². The number of halogens is 2. The molecule has 4 nitrogen and oxygen atoms in total. The number of alkyl halides is 2. The van der Waals surface area contributed by atoms with Crippen LogP contribution < -0.4 is 4.74 Å². The van der Waals surface area contributed by atoms with Crippen molar-refractivity contribution in [2.45, 2.75) is 19.8 Å². The number of hydrogen-bond donors (Lipinski definition) is 0. The minimum Gasteiger partial charge on any atom is -0.496 e. The first-order valence-electron chi connectivity index (χ1n) is 5.59. The molecule has 1 aromatic rings. The predicted molar refractivity (Wildman–Crippen MR) is 63.5 cm³/mol. The summed E-state index contributed by atoms with van der Waals surface area (Å²) in [5.41, 5.74) is -1.03. The quantitative estimate of drug-likeness (QED) is 0.469. The van der Waals surface area contributed by atoms with Gasteiger partial charge in [-0.3, -0.25) is 4.79 Å². The highest BCUT2D eigenvalue weighted by Crippen LogP contribution is 2.34. The van der Waals surface area contributed by atoms with Crippen molar-refractivity contribution in [3.63, 3.8) is 0 Å². The van der Waals surface area contributed by atoms with Crippen LogP contribution in [0.5, 0.6) is 5.75 Å². The second kappa shape index (κ2) is 5.77. The van der Waals surface area contributed by atoms with Gasteiger partial charge < -0.3 is 9.47 Å². The number of carbonyl (C=O) groups is 2. The van der Waals surface area contributed by atoms with Gasteiger partial charge in [-0.2, -0.15) is 0 Å². The van der Waals surface area contributed by atoms with Crippen LogP contribution in [0.25, 0.3) is 0 Å². The van der Waals surface area contributed by atoms with Gasteiger partial charge in [-0.05, 0) is 13.0 Å². The van der Waals surface area contributed by atoms with Crippen molar-refractivity contribution in [3.05, 3.63) is 29.3 Å². The van der Waals surface area contributed by atoms with Crippen LogP contribution in [0.4, 0.5) is 8.78 Å². The Morgan fingerprint density at radius 3 is 2.42 bits per heavy atom. The summed E-state index contributed by atoms with van der Waals surface area (Å²) in [6, 6.07) is 3.74. The van der Waals surface area contributed by atoms with Crippen LogP contribution in [0.15, 0.2) is 18.2 Å². The third-order valence-corrected chi connectivity index (χ3v) is 2.41. The minimum absolute atomic E-state index is 0.0163. The molecular weight excluding hydrogens is 258 g/mol. The molecule has 0 aromatic heterocycles. The van der Waals surface area contributed by atoms with E-state index in [0.29, 0.717) is 6.92 Å². The van der Waals surface area contributed by atoms with Gasteiger partial charge in [0, 0.05) is 12.5 Å². The van der Waals surface area contributed by atoms with E-state index in [1.54, 1.807) is 0 Å². The van der Waals surface area contributed by atoms with Crippen LogP contribution in [-0.2, 0) is 15.5 Å². The Labute approximate surface area is 109 Å². The molecular formula is C13H14F2O4. The van der Waals surface area contributed by atoms with Crippen LogP contribution in [0.3, 0.4) is 0 Å². The van der Waals surface area contributed by atoms with Crippen molar-refractivity contribution < 1.29 is 27.8 Å². The molecule has 0 saturated carbocycles. The molecule has 1 rings (SSSR count). The molecule has 104 valence electrons. The monoisotopic (exact) mass is 272 g/mol. The third-order valence-electron chi connectivity index (χ3n) is 2.41. The van der Waals surface area contributed by atoms with Gasteiger partial charge in [-0.1, -0.05) is 12.1 Å². The average Bonchev–Trinajstić information content (AvgIpc) is 2.36. The van der Waals surface area contributed by atoms with Gasteiger partial charge in [-0.25, -0.2) is 13.6 Å². The summed E-state index contributed by atoms with van der Waals surface area (Å²) >= 11 is 0. The summed E-state index contributed by atoms with van der Waals surface area (Å²) in [4.78, 5) is 23.3. The first kappa shape index (κ1) is 15.1. The number of ketones is 1. The van der Waals surface area contributed by atoms with Crippen molar-refractivity contribution in [3.8, 4) is 5.75 Å². The highest BCUT2D eigenvalue weighted by molar-refractivity contribution is 6.41. The molecule has 6 heteroatoms. The summed E-state index contributed by atoms with van der Waals surface area (Å²) in [5.74, 6) is -5.68. The van der Waals surface area contributed by atoms with E-state index in [-0.39, 0.29) is 12.4 Å². The van der Waals surface area contributed by atoms with Crippen LogP contribution >= 0.6 is 0 Å². The largest absolute Gasteiger partial charge is 0.496 e. The van der Waals surface area contributed by atoms with Crippen LogP contribution in [-0.4, -0.2) is 25.5 Å². The zero-order chi connectivity index (χ0) is 14.6. The molecule has 0 unspecified atom stereocenters. The summed E-state index contributed by atoms with van der Waals surface area (Å²) in [7, 11) is 1.23. The van der Waals surface area contributed by atoms with Crippen molar-refractivity contribution in [2.24, 2.45) is 0 Å². The fourth-order valence-corrected chi connectivity index (χ4v) is 1.60. The Hall–Kier alpha value is -1.98. The molecule has 0 radical (unpaired) electrons. The van der Waals surface area contributed by atoms with E-state index in [2.05, 4.69) is 4.74 Å². The van der Waals surface area contributed by atoms with Gasteiger partial charge in [0.2, 0.25) is 0 Å². The van der Waals surface area contributed by atoms with Crippen molar-refractivity contribution in [2.75, 3.05) is 13.7 Å². The zero-order valence-corrected chi connectivity index (χ0v) is 10.8. The van der Waals surface area contributed by atoms with Crippen LogP contribution in [0, 0.1) is 0 Å². The molecule has 0 saturated heterocycles. The van der Waals surface area contributed by atoms with Crippen molar-refractivity contribution in [1.29, 1.82) is 0 Å². The lowest BCUT2D eigenvalue weighted by molar-refractivity contribution is -0.137. The van der Waals surface area contributed by atoms with Gasteiger partial charge in [0.15, 0.2) is 0 Å². The number of hydrogen-bond acceptors (Lipinski definition) is 4. The second-order valence-corrected chi connectivity index (χ2v) is 3.82. The number of rotatable bonds is 5. The highest BCUT2D eigenvalue weighted by atomic mass is 19.3. The lowest BCUT2D eigenvalue weighted by Gasteiger charge is -2.17. The zero-order valence-electron chi connectivity index (χ0n) is 10.8. The van der Waals surface area contributed by atoms with Crippen molar-refractivity contribution >= 4 is 11.8 Å². The molecule has 0 amide bonds. The lowest BCUT2D eigenvalue weighted by atomic mass is 9.98. The normalized spacial score (nSPS) is 11.0. The first-order chi connectivity index (χ1) is 8.82. The van der Waals surface area contributed by atoms with E-state index in [1.807, 2.05) is 0 Å². The average molecular weight is 272 g/mol. The third kappa shape index (κ3) is 3.27.